The van der Waals surface area contributed by atoms with Crippen molar-refractivity contribution in [2.24, 2.45) is 5.84 Å². The van der Waals surface area contributed by atoms with Crippen molar-refractivity contribution in [3.63, 3.8) is 0 Å². The molecule has 0 radical (unpaired) electrons. The fourth-order valence-electron chi connectivity index (χ4n) is 1.42. The SMILES string of the molecule is Cc1nccc(C(NN)c2cnccn2)n1. The lowest BCUT2D eigenvalue weighted by molar-refractivity contribution is 0.599. The fraction of sp³-hybridized carbons (Fsp3) is 0.200. The molecule has 1 unspecified atom stereocenters. The van der Waals surface area contributed by atoms with Gasteiger partial charge in [-0.15, -0.1) is 0 Å². The van der Waals surface area contributed by atoms with E-state index in [0.717, 1.165) is 11.4 Å². The van der Waals surface area contributed by atoms with Gasteiger partial charge in [-0.25, -0.2) is 15.4 Å². The largest absolute Gasteiger partial charge is 0.270 e. The highest BCUT2D eigenvalue weighted by Gasteiger charge is 2.15. The van der Waals surface area contributed by atoms with E-state index in [0.29, 0.717) is 5.82 Å². The van der Waals surface area contributed by atoms with Gasteiger partial charge in [0.15, 0.2) is 0 Å². The molecule has 0 bridgehead atoms. The highest BCUT2D eigenvalue weighted by atomic mass is 15.2. The van der Waals surface area contributed by atoms with Gasteiger partial charge in [-0.1, -0.05) is 0 Å². The number of aromatic nitrogens is 4. The van der Waals surface area contributed by atoms with Crippen LogP contribution in [0.2, 0.25) is 0 Å². The summed E-state index contributed by atoms with van der Waals surface area (Å²) in [6.45, 7) is 1.83. The first-order valence-electron chi connectivity index (χ1n) is 4.83. The molecule has 6 heteroatoms. The lowest BCUT2D eigenvalue weighted by Gasteiger charge is -2.14. The molecule has 0 aliphatic heterocycles. The van der Waals surface area contributed by atoms with Crippen LogP contribution in [0.15, 0.2) is 30.9 Å². The molecule has 0 aromatic carbocycles. The molecule has 0 aliphatic carbocycles. The maximum Gasteiger partial charge on any atom is 0.125 e. The zero-order chi connectivity index (χ0) is 11.4. The molecule has 2 rings (SSSR count). The van der Waals surface area contributed by atoms with Crippen LogP contribution in [0.25, 0.3) is 0 Å². The van der Waals surface area contributed by atoms with Crippen LogP contribution in [0.3, 0.4) is 0 Å². The van der Waals surface area contributed by atoms with Crippen molar-refractivity contribution in [2.45, 2.75) is 13.0 Å². The van der Waals surface area contributed by atoms with Crippen LogP contribution in [-0.2, 0) is 0 Å². The van der Waals surface area contributed by atoms with Crippen LogP contribution >= 0.6 is 0 Å². The van der Waals surface area contributed by atoms with E-state index in [9.17, 15) is 0 Å². The number of hydrogen-bond donors (Lipinski definition) is 2. The second kappa shape index (κ2) is 4.73. The highest BCUT2D eigenvalue weighted by molar-refractivity contribution is 5.18. The van der Waals surface area contributed by atoms with E-state index in [1.54, 1.807) is 30.9 Å². The maximum absolute atomic E-state index is 5.51. The summed E-state index contributed by atoms with van der Waals surface area (Å²) in [5.41, 5.74) is 4.17. The van der Waals surface area contributed by atoms with Crippen molar-refractivity contribution in [3.8, 4) is 0 Å². The summed E-state index contributed by atoms with van der Waals surface area (Å²) in [5.74, 6) is 6.20. The van der Waals surface area contributed by atoms with Crippen molar-refractivity contribution in [2.75, 3.05) is 0 Å². The Morgan fingerprint density at radius 1 is 1.19 bits per heavy atom. The number of nitrogens with two attached hydrogens (primary N) is 1. The number of hydrogen-bond acceptors (Lipinski definition) is 6. The Hall–Kier alpha value is -1.92. The van der Waals surface area contributed by atoms with Gasteiger partial charge in [0.05, 0.1) is 17.6 Å². The van der Waals surface area contributed by atoms with Gasteiger partial charge in [-0.05, 0) is 13.0 Å². The smallest absolute Gasteiger partial charge is 0.125 e. The van der Waals surface area contributed by atoms with Gasteiger partial charge in [0.25, 0.3) is 0 Å². The molecule has 0 spiro atoms. The molecule has 16 heavy (non-hydrogen) atoms. The summed E-state index contributed by atoms with van der Waals surface area (Å²) in [5, 5.41) is 0. The predicted molar refractivity (Wildman–Crippen MR) is 58.0 cm³/mol. The third-order valence-corrected chi connectivity index (χ3v) is 2.14. The molecule has 82 valence electrons. The first-order chi connectivity index (χ1) is 7.81. The normalized spacial score (nSPS) is 12.4. The Morgan fingerprint density at radius 2 is 2.06 bits per heavy atom. The molecule has 0 aliphatic rings. The predicted octanol–water partition coefficient (Wildman–Crippen LogP) is 0.128. The van der Waals surface area contributed by atoms with Crippen molar-refractivity contribution in [1.29, 1.82) is 0 Å². The molecule has 0 amide bonds. The Kier molecular flexibility index (Phi) is 3.13. The second-order valence-corrected chi connectivity index (χ2v) is 3.26. The third-order valence-electron chi connectivity index (χ3n) is 2.14. The first kappa shape index (κ1) is 10.6. The summed E-state index contributed by atoms with van der Waals surface area (Å²) in [7, 11) is 0. The van der Waals surface area contributed by atoms with Gasteiger partial charge < -0.3 is 0 Å². The fourth-order valence-corrected chi connectivity index (χ4v) is 1.42. The number of aryl methyl sites for hydroxylation is 1. The zero-order valence-electron chi connectivity index (χ0n) is 8.83. The van der Waals surface area contributed by atoms with E-state index in [1.165, 1.54) is 0 Å². The lowest BCUT2D eigenvalue weighted by Crippen LogP contribution is -2.30. The van der Waals surface area contributed by atoms with Gasteiger partial charge >= 0.3 is 0 Å². The van der Waals surface area contributed by atoms with Crippen molar-refractivity contribution < 1.29 is 0 Å². The monoisotopic (exact) mass is 216 g/mol. The summed E-state index contributed by atoms with van der Waals surface area (Å²) in [4.78, 5) is 16.5. The summed E-state index contributed by atoms with van der Waals surface area (Å²) >= 11 is 0. The van der Waals surface area contributed by atoms with Crippen LogP contribution in [0.4, 0.5) is 0 Å². The number of hydrazine groups is 1. The van der Waals surface area contributed by atoms with Gasteiger partial charge in [0, 0.05) is 18.6 Å². The Morgan fingerprint density at radius 3 is 2.69 bits per heavy atom. The summed E-state index contributed by atoms with van der Waals surface area (Å²) in [6, 6.07) is 1.53. The molecule has 0 fully saturated rings. The Bertz CT molecular complexity index is 458. The summed E-state index contributed by atoms with van der Waals surface area (Å²) in [6.07, 6.45) is 6.58. The van der Waals surface area contributed by atoms with Crippen LogP contribution in [-0.4, -0.2) is 19.9 Å². The van der Waals surface area contributed by atoms with E-state index in [-0.39, 0.29) is 6.04 Å². The van der Waals surface area contributed by atoms with Crippen LogP contribution in [0.1, 0.15) is 23.3 Å². The maximum atomic E-state index is 5.51. The number of nitrogens with one attached hydrogen (secondary N) is 1. The molecule has 0 saturated carbocycles. The summed E-state index contributed by atoms with van der Waals surface area (Å²) < 4.78 is 0. The van der Waals surface area contributed by atoms with Crippen LogP contribution < -0.4 is 11.3 Å². The van der Waals surface area contributed by atoms with E-state index in [2.05, 4.69) is 25.4 Å². The second-order valence-electron chi connectivity index (χ2n) is 3.26. The van der Waals surface area contributed by atoms with Gasteiger partial charge in [0.2, 0.25) is 0 Å². The minimum absolute atomic E-state index is 0.268. The zero-order valence-corrected chi connectivity index (χ0v) is 8.83. The quantitative estimate of drug-likeness (QED) is 0.560. The standard InChI is InChI=1S/C10H12N6/c1-7-13-3-2-8(15-7)10(16-11)9-6-12-4-5-14-9/h2-6,10,16H,11H2,1H3. The molecular formula is C10H12N6. The van der Waals surface area contributed by atoms with Crippen molar-refractivity contribution in [1.82, 2.24) is 25.4 Å². The first-order valence-corrected chi connectivity index (χ1v) is 4.83. The molecule has 0 saturated heterocycles. The third kappa shape index (κ3) is 2.18. The average Bonchev–Trinajstić information content (AvgIpc) is 2.31. The topological polar surface area (TPSA) is 89.6 Å². The van der Waals surface area contributed by atoms with Gasteiger partial charge in [-0.3, -0.25) is 15.8 Å². The molecule has 3 N–H and O–H groups in total. The van der Waals surface area contributed by atoms with Crippen LogP contribution in [0.5, 0.6) is 0 Å². The van der Waals surface area contributed by atoms with Crippen molar-refractivity contribution >= 4 is 0 Å². The molecule has 2 heterocycles. The van der Waals surface area contributed by atoms with E-state index >= 15 is 0 Å². The van der Waals surface area contributed by atoms with E-state index in [4.69, 9.17) is 5.84 Å². The lowest BCUT2D eigenvalue weighted by atomic mass is 10.1. The molecule has 6 nitrogen and oxygen atoms in total. The number of rotatable bonds is 3. The Balaban J connectivity index is 2.37. The highest BCUT2D eigenvalue weighted by Crippen LogP contribution is 2.15. The van der Waals surface area contributed by atoms with Gasteiger partial charge in [0.1, 0.15) is 11.9 Å². The van der Waals surface area contributed by atoms with E-state index in [1.807, 2.05) is 6.92 Å². The minimum atomic E-state index is -0.268. The molecule has 2 aromatic rings. The van der Waals surface area contributed by atoms with E-state index < -0.39 is 0 Å². The molecule has 1 atom stereocenters. The average molecular weight is 216 g/mol. The Labute approximate surface area is 93.0 Å². The van der Waals surface area contributed by atoms with Crippen molar-refractivity contribution in [3.05, 3.63) is 48.1 Å². The van der Waals surface area contributed by atoms with Gasteiger partial charge in [-0.2, -0.15) is 0 Å². The van der Waals surface area contributed by atoms with Crippen LogP contribution in [0, 0.1) is 6.92 Å². The molecule has 2 aromatic heterocycles. The number of nitrogens with zero attached hydrogens (tertiary/aromatic N) is 4. The minimum Gasteiger partial charge on any atom is -0.270 e. The molecular weight excluding hydrogens is 204 g/mol.